The molecule has 0 aliphatic carbocycles. The number of carbonyl (C=O) groups is 2. The van der Waals surface area contributed by atoms with Crippen LogP contribution >= 0.6 is 0 Å². The Morgan fingerprint density at radius 1 is 0.919 bits per heavy atom. The first-order valence-corrected chi connectivity index (χ1v) is 13.8. The molecule has 3 aromatic rings. The quantitative estimate of drug-likeness (QED) is 0.393. The molecule has 0 heterocycles. The second kappa shape index (κ2) is 12.9. The van der Waals surface area contributed by atoms with E-state index >= 15 is 0 Å². The molecule has 1 atom stereocenters. The number of sulfonamides is 1. The van der Waals surface area contributed by atoms with Crippen LogP contribution in [0.3, 0.4) is 0 Å². The minimum absolute atomic E-state index is 0.143. The molecule has 0 fully saturated rings. The van der Waals surface area contributed by atoms with E-state index in [2.05, 4.69) is 5.32 Å². The maximum Gasteiger partial charge on any atom is 0.244 e. The van der Waals surface area contributed by atoms with Gasteiger partial charge < -0.3 is 15.0 Å². The van der Waals surface area contributed by atoms with Crippen LogP contribution in [0.5, 0.6) is 5.75 Å². The van der Waals surface area contributed by atoms with Gasteiger partial charge in [-0.2, -0.15) is 0 Å². The van der Waals surface area contributed by atoms with Gasteiger partial charge in [-0.15, -0.1) is 0 Å². The van der Waals surface area contributed by atoms with Crippen LogP contribution in [0, 0.1) is 0 Å². The van der Waals surface area contributed by atoms with E-state index in [9.17, 15) is 18.0 Å². The number of nitrogens with one attached hydrogen (secondary N) is 1. The molecule has 8 nitrogen and oxygen atoms in total. The molecule has 0 spiro atoms. The van der Waals surface area contributed by atoms with Crippen molar-refractivity contribution in [2.45, 2.75) is 25.9 Å². The lowest BCUT2D eigenvalue weighted by Gasteiger charge is -2.33. The standard InChI is InChI=1S/C28H33N3O5S/c1-4-29-28(33)26(18-22-12-7-5-8-13-22)30(20-23-14-9-6-10-15-23)27(32)21-31(37(3,34)35)24-16-11-17-25(19-24)36-2/h5-17,19,26H,4,18,20-21H2,1-3H3,(H,29,33)/t26-/m1/s1. The number of anilines is 1. The van der Waals surface area contributed by atoms with Gasteiger partial charge in [0.25, 0.3) is 0 Å². The Hall–Kier alpha value is -3.85. The summed E-state index contributed by atoms with van der Waals surface area (Å²) in [5.74, 6) is -0.337. The Kier molecular flexibility index (Phi) is 9.68. The molecule has 0 aliphatic heterocycles. The Labute approximate surface area is 218 Å². The number of ether oxygens (including phenoxy) is 1. The number of methoxy groups -OCH3 is 1. The van der Waals surface area contributed by atoms with Gasteiger partial charge >= 0.3 is 0 Å². The van der Waals surface area contributed by atoms with E-state index in [1.807, 2.05) is 67.6 Å². The lowest BCUT2D eigenvalue weighted by atomic mass is 10.0. The lowest BCUT2D eigenvalue weighted by Crippen LogP contribution is -2.53. The molecule has 0 unspecified atom stereocenters. The number of hydrogen-bond acceptors (Lipinski definition) is 5. The molecule has 0 aromatic heterocycles. The third kappa shape index (κ3) is 7.82. The molecule has 3 rings (SSSR count). The molecule has 0 bridgehead atoms. The third-order valence-corrected chi connectivity index (χ3v) is 6.98. The fourth-order valence-corrected chi connectivity index (χ4v) is 4.85. The van der Waals surface area contributed by atoms with Crippen molar-refractivity contribution in [2.24, 2.45) is 0 Å². The zero-order valence-electron chi connectivity index (χ0n) is 21.3. The fraction of sp³-hybridized carbons (Fsp3) is 0.286. The molecule has 1 N–H and O–H groups in total. The number of rotatable bonds is 12. The number of likely N-dealkylation sites (N-methyl/N-ethyl adjacent to an activating group) is 1. The summed E-state index contributed by atoms with van der Waals surface area (Å²) in [6.45, 7) is 1.89. The summed E-state index contributed by atoms with van der Waals surface area (Å²) in [6, 6.07) is 24.4. The van der Waals surface area contributed by atoms with E-state index in [0.717, 1.165) is 21.7 Å². The molecule has 196 valence electrons. The van der Waals surface area contributed by atoms with Crippen molar-refractivity contribution in [1.29, 1.82) is 0 Å². The van der Waals surface area contributed by atoms with Crippen molar-refractivity contribution in [1.82, 2.24) is 10.2 Å². The van der Waals surface area contributed by atoms with Crippen LogP contribution in [0.25, 0.3) is 0 Å². The highest BCUT2D eigenvalue weighted by Gasteiger charge is 2.32. The van der Waals surface area contributed by atoms with Crippen LogP contribution in [0.2, 0.25) is 0 Å². The number of amides is 2. The van der Waals surface area contributed by atoms with Gasteiger partial charge in [0.05, 0.1) is 19.1 Å². The molecule has 0 saturated heterocycles. The summed E-state index contributed by atoms with van der Waals surface area (Å²) in [6.07, 6.45) is 1.33. The van der Waals surface area contributed by atoms with Gasteiger partial charge in [0, 0.05) is 25.6 Å². The van der Waals surface area contributed by atoms with Gasteiger partial charge in [0.1, 0.15) is 18.3 Å². The lowest BCUT2D eigenvalue weighted by molar-refractivity contribution is -0.140. The zero-order valence-corrected chi connectivity index (χ0v) is 22.1. The van der Waals surface area contributed by atoms with Crippen LogP contribution in [-0.2, 0) is 32.6 Å². The van der Waals surface area contributed by atoms with Crippen LogP contribution in [-0.4, -0.2) is 57.6 Å². The summed E-state index contributed by atoms with van der Waals surface area (Å²) in [7, 11) is -2.35. The second-order valence-corrected chi connectivity index (χ2v) is 10.5. The van der Waals surface area contributed by atoms with Crippen molar-refractivity contribution in [2.75, 3.05) is 30.8 Å². The maximum absolute atomic E-state index is 13.9. The molecular formula is C28H33N3O5S. The normalized spacial score (nSPS) is 11.9. The first-order valence-electron chi connectivity index (χ1n) is 12.0. The van der Waals surface area contributed by atoms with Gasteiger partial charge in [-0.1, -0.05) is 66.7 Å². The molecule has 3 aromatic carbocycles. The van der Waals surface area contributed by atoms with Gasteiger partial charge in [0.15, 0.2) is 0 Å². The van der Waals surface area contributed by atoms with Crippen molar-refractivity contribution in [3.8, 4) is 5.75 Å². The largest absolute Gasteiger partial charge is 0.497 e. The average molecular weight is 524 g/mol. The maximum atomic E-state index is 13.9. The summed E-state index contributed by atoms with van der Waals surface area (Å²) in [5, 5.41) is 2.84. The molecule has 9 heteroatoms. The SMILES string of the molecule is CCNC(=O)[C@@H](Cc1ccccc1)N(Cc1ccccc1)C(=O)CN(c1cccc(OC)c1)S(C)(=O)=O. The van der Waals surface area contributed by atoms with Gasteiger partial charge in [-0.3, -0.25) is 13.9 Å². The summed E-state index contributed by atoms with van der Waals surface area (Å²) in [4.78, 5) is 28.6. The fourth-order valence-electron chi connectivity index (χ4n) is 4.01. The smallest absolute Gasteiger partial charge is 0.244 e. The van der Waals surface area contributed by atoms with Crippen LogP contribution < -0.4 is 14.4 Å². The van der Waals surface area contributed by atoms with E-state index in [1.165, 1.54) is 12.0 Å². The highest BCUT2D eigenvalue weighted by atomic mass is 32.2. The highest BCUT2D eigenvalue weighted by molar-refractivity contribution is 7.92. The third-order valence-electron chi connectivity index (χ3n) is 5.84. The van der Waals surface area contributed by atoms with Crippen molar-refractivity contribution in [3.63, 3.8) is 0 Å². The van der Waals surface area contributed by atoms with E-state index in [1.54, 1.807) is 24.3 Å². The Balaban J connectivity index is 2.02. The number of benzene rings is 3. The highest BCUT2D eigenvalue weighted by Crippen LogP contribution is 2.24. The Bertz CT molecular complexity index is 1280. The number of nitrogens with zero attached hydrogens (tertiary/aromatic N) is 2. The summed E-state index contributed by atoms with van der Waals surface area (Å²) >= 11 is 0. The molecule has 37 heavy (non-hydrogen) atoms. The molecule has 2 amide bonds. The van der Waals surface area contributed by atoms with E-state index in [4.69, 9.17) is 4.74 Å². The van der Waals surface area contributed by atoms with Crippen LogP contribution in [0.4, 0.5) is 5.69 Å². The zero-order chi connectivity index (χ0) is 26.8. The van der Waals surface area contributed by atoms with Crippen molar-refractivity contribution in [3.05, 3.63) is 96.1 Å². The number of hydrogen-bond donors (Lipinski definition) is 1. The second-order valence-electron chi connectivity index (χ2n) is 8.58. The molecule has 0 saturated carbocycles. The van der Waals surface area contributed by atoms with Crippen LogP contribution in [0.15, 0.2) is 84.9 Å². The first kappa shape index (κ1) is 27.7. The van der Waals surface area contributed by atoms with Gasteiger partial charge in [-0.25, -0.2) is 8.42 Å². The van der Waals surface area contributed by atoms with E-state index < -0.39 is 28.5 Å². The average Bonchev–Trinajstić information content (AvgIpc) is 2.89. The van der Waals surface area contributed by atoms with Gasteiger partial charge in [-0.05, 0) is 30.2 Å². The number of carbonyl (C=O) groups excluding carboxylic acids is 2. The molecular weight excluding hydrogens is 490 g/mol. The Morgan fingerprint density at radius 3 is 2.11 bits per heavy atom. The minimum atomic E-state index is -3.83. The summed E-state index contributed by atoms with van der Waals surface area (Å²) < 4.78 is 31.8. The van der Waals surface area contributed by atoms with Crippen molar-refractivity contribution >= 4 is 27.5 Å². The molecule has 0 aliphatic rings. The minimum Gasteiger partial charge on any atom is -0.497 e. The first-order chi connectivity index (χ1) is 17.7. The van der Waals surface area contributed by atoms with Crippen molar-refractivity contribution < 1.29 is 22.7 Å². The van der Waals surface area contributed by atoms with Crippen LogP contribution in [0.1, 0.15) is 18.1 Å². The van der Waals surface area contributed by atoms with Gasteiger partial charge in [0.2, 0.25) is 21.8 Å². The topological polar surface area (TPSA) is 96.0 Å². The predicted molar refractivity (Wildman–Crippen MR) is 145 cm³/mol. The van der Waals surface area contributed by atoms with E-state index in [0.29, 0.717) is 18.0 Å². The monoisotopic (exact) mass is 523 g/mol. The predicted octanol–water partition coefficient (Wildman–Crippen LogP) is 3.24. The Morgan fingerprint density at radius 2 is 1.54 bits per heavy atom. The molecule has 0 radical (unpaired) electrons. The summed E-state index contributed by atoms with van der Waals surface area (Å²) in [5.41, 5.74) is 2.01. The van der Waals surface area contributed by atoms with E-state index in [-0.39, 0.29) is 18.9 Å².